The van der Waals surface area contributed by atoms with Gasteiger partial charge in [0.15, 0.2) is 0 Å². The van der Waals surface area contributed by atoms with Crippen molar-refractivity contribution >= 4 is 23.4 Å². The van der Waals surface area contributed by atoms with Gasteiger partial charge in [-0.25, -0.2) is 0 Å². The Morgan fingerprint density at radius 3 is 1.88 bits per heavy atom. The summed E-state index contributed by atoms with van der Waals surface area (Å²) in [5.41, 5.74) is 4.51. The lowest BCUT2D eigenvalue weighted by Crippen LogP contribution is -2.24. The molecule has 1 aliphatic heterocycles. The molecule has 3 aromatic carbocycles. The van der Waals surface area contributed by atoms with Crippen molar-refractivity contribution in [2.75, 3.05) is 4.90 Å². The number of amides is 1. The lowest BCUT2D eigenvalue weighted by Gasteiger charge is -2.20. The van der Waals surface area contributed by atoms with Crippen molar-refractivity contribution in [3.8, 4) is 0 Å². The van der Waals surface area contributed by atoms with Crippen LogP contribution in [0.5, 0.6) is 0 Å². The molecule has 0 saturated carbocycles. The second kappa shape index (κ2) is 6.62. The van der Waals surface area contributed by atoms with Gasteiger partial charge in [0.05, 0.1) is 5.70 Å². The first-order chi connectivity index (χ1) is 12.3. The van der Waals surface area contributed by atoms with E-state index in [0.29, 0.717) is 5.57 Å². The largest absolute Gasteiger partial charge is 0.276 e. The van der Waals surface area contributed by atoms with Crippen molar-refractivity contribution in [2.24, 2.45) is 0 Å². The maximum absolute atomic E-state index is 13.1. The smallest absolute Gasteiger partial charge is 0.262 e. The molecule has 0 aliphatic carbocycles. The first-order valence-corrected chi connectivity index (χ1v) is 8.26. The van der Waals surface area contributed by atoms with E-state index in [-0.39, 0.29) is 5.91 Å². The molecule has 1 heterocycles. The molecule has 3 aromatic rings. The summed E-state index contributed by atoms with van der Waals surface area (Å²) < 4.78 is 0. The molecule has 120 valence electrons. The fourth-order valence-corrected chi connectivity index (χ4v) is 3.00. The van der Waals surface area contributed by atoms with Gasteiger partial charge in [-0.3, -0.25) is 9.69 Å². The third kappa shape index (κ3) is 3.02. The van der Waals surface area contributed by atoms with Crippen molar-refractivity contribution in [3.05, 3.63) is 114 Å². The molecule has 1 aliphatic rings. The maximum atomic E-state index is 13.1. The molecular formula is C23H17NO. The summed E-state index contributed by atoms with van der Waals surface area (Å²) in [5.74, 6) is -0.00564. The van der Waals surface area contributed by atoms with Gasteiger partial charge in [-0.1, -0.05) is 78.9 Å². The molecule has 0 aromatic heterocycles. The SMILES string of the molecule is O=C1/C(=C\c2ccccc2)C=C(c2ccccc2)N1c1ccccc1. The lowest BCUT2D eigenvalue weighted by molar-refractivity contribution is -0.113. The van der Waals surface area contributed by atoms with Crippen molar-refractivity contribution in [1.82, 2.24) is 0 Å². The number of para-hydroxylation sites is 1. The van der Waals surface area contributed by atoms with Gasteiger partial charge in [0.25, 0.3) is 5.91 Å². The van der Waals surface area contributed by atoms with Gasteiger partial charge in [-0.05, 0) is 35.4 Å². The Morgan fingerprint density at radius 1 is 0.680 bits per heavy atom. The highest BCUT2D eigenvalue weighted by Gasteiger charge is 2.30. The number of hydrogen-bond donors (Lipinski definition) is 0. The molecule has 2 nitrogen and oxygen atoms in total. The number of benzene rings is 3. The van der Waals surface area contributed by atoms with E-state index < -0.39 is 0 Å². The highest BCUT2D eigenvalue weighted by molar-refractivity contribution is 6.23. The van der Waals surface area contributed by atoms with Gasteiger partial charge in [0.1, 0.15) is 0 Å². The van der Waals surface area contributed by atoms with E-state index in [1.54, 1.807) is 4.90 Å². The molecule has 2 heteroatoms. The number of carbonyl (C=O) groups is 1. The number of nitrogens with zero attached hydrogens (tertiary/aromatic N) is 1. The quantitative estimate of drug-likeness (QED) is 0.610. The summed E-state index contributed by atoms with van der Waals surface area (Å²) in [6.45, 7) is 0. The van der Waals surface area contributed by atoms with Crippen molar-refractivity contribution in [3.63, 3.8) is 0 Å². The van der Waals surface area contributed by atoms with Gasteiger partial charge in [-0.2, -0.15) is 0 Å². The summed E-state index contributed by atoms with van der Waals surface area (Å²) >= 11 is 0. The van der Waals surface area contributed by atoms with Crippen LogP contribution in [0.3, 0.4) is 0 Å². The number of hydrogen-bond acceptors (Lipinski definition) is 1. The van der Waals surface area contributed by atoms with E-state index in [0.717, 1.165) is 22.5 Å². The molecular weight excluding hydrogens is 306 g/mol. The number of carbonyl (C=O) groups excluding carboxylic acids is 1. The molecule has 25 heavy (non-hydrogen) atoms. The Kier molecular flexibility index (Phi) is 4.01. The van der Waals surface area contributed by atoms with E-state index in [1.807, 2.05) is 103 Å². The molecule has 0 unspecified atom stereocenters. The fourth-order valence-electron chi connectivity index (χ4n) is 3.00. The molecule has 0 bridgehead atoms. The van der Waals surface area contributed by atoms with E-state index in [2.05, 4.69) is 0 Å². The predicted octanol–water partition coefficient (Wildman–Crippen LogP) is 5.16. The zero-order chi connectivity index (χ0) is 17.1. The minimum absolute atomic E-state index is 0.00564. The molecule has 0 saturated heterocycles. The van der Waals surface area contributed by atoms with Gasteiger partial charge in [0, 0.05) is 11.3 Å². The van der Waals surface area contributed by atoms with Crippen LogP contribution in [0.4, 0.5) is 5.69 Å². The lowest BCUT2D eigenvalue weighted by atomic mass is 10.1. The standard InChI is InChI=1S/C23H17NO/c25-23-20(16-18-10-4-1-5-11-18)17-22(19-12-6-2-7-13-19)24(23)21-14-8-3-9-15-21/h1-17H/b20-16-. The van der Waals surface area contributed by atoms with Crippen molar-refractivity contribution in [1.29, 1.82) is 0 Å². The first-order valence-electron chi connectivity index (χ1n) is 8.26. The average Bonchev–Trinajstić information content (AvgIpc) is 3.00. The highest BCUT2D eigenvalue weighted by atomic mass is 16.2. The van der Waals surface area contributed by atoms with E-state index in [4.69, 9.17) is 0 Å². The molecule has 0 radical (unpaired) electrons. The fraction of sp³-hybridized carbons (Fsp3) is 0. The summed E-state index contributed by atoms with van der Waals surface area (Å²) in [4.78, 5) is 14.9. The van der Waals surface area contributed by atoms with Gasteiger partial charge < -0.3 is 0 Å². The van der Waals surface area contributed by atoms with Crippen LogP contribution in [0.1, 0.15) is 11.1 Å². The Hall–Kier alpha value is -3.39. The second-order valence-corrected chi connectivity index (χ2v) is 5.88. The highest BCUT2D eigenvalue weighted by Crippen LogP contribution is 2.34. The Bertz CT molecular complexity index is 941. The predicted molar refractivity (Wildman–Crippen MR) is 103 cm³/mol. The first kappa shape index (κ1) is 15.2. The number of rotatable bonds is 3. The summed E-state index contributed by atoms with van der Waals surface area (Å²) in [7, 11) is 0. The minimum atomic E-state index is -0.00564. The molecule has 0 atom stereocenters. The minimum Gasteiger partial charge on any atom is -0.276 e. The van der Waals surface area contributed by atoms with Gasteiger partial charge in [0.2, 0.25) is 0 Å². The van der Waals surface area contributed by atoms with E-state index in [1.165, 1.54) is 0 Å². The summed E-state index contributed by atoms with van der Waals surface area (Å²) in [6.07, 6.45) is 3.91. The van der Waals surface area contributed by atoms with Crippen LogP contribution in [0.15, 0.2) is 103 Å². The van der Waals surface area contributed by atoms with Crippen LogP contribution < -0.4 is 4.90 Å². The molecule has 0 N–H and O–H groups in total. The maximum Gasteiger partial charge on any atom is 0.262 e. The van der Waals surface area contributed by atoms with E-state index >= 15 is 0 Å². The third-order valence-corrected chi connectivity index (χ3v) is 4.19. The Labute approximate surface area is 147 Å². The molecule has 1 amide bonds. The monoisotopic (exact) mass is 323 g/mol. The van der Waals surface area contributed by atoms with Crippen molar-refractivity contribution < 1.29 is 4.79 Å². The van der Waals surface area contributed by atoms with Crippen LogP contribution in [-0.4, -0.2) is 5.91 Å². The second-order valence-electron chi connectivity index (χ2n) is 5.88. The summed E-state index contributed by atoms with van der Waals surface area (Å²) in [5, 5.41) is 0. The van der Waals surface area contributed by atoms with Crippen LogP contribution in [0, 0.1) is 0 Å². The van der Waals surface area contributed by atoms with Crippen LogP contribution in [0.25, 0.3) is 11.8 Å². The topological polar surface area (TPSA) is 20.3 Å². The zero-order valence-corrected chi connectivity index (χ0v) is 13.7. The van der Waals surface area contributed by atoms with Crippen LogP contribution in [-0.2, 0) is 4.79 Å². The molecule has 0 fully saturated rings. The van der Waals surface area contributed by atoms with E-state index in [9.17, 15) is 4.79 Å². The van der Waals surface area contributed by atoms with Crippen LogP contribution in [0.2, 0.25) is 0 Å². The zero-order valence-electron chi connectivity index (χ0n) is 13.7. The van der Waals surface area contributed by atoms with Gasteiger partial charge >= 0.3 is 0 Å². The third-order valence-electron chi connectivity index (χ3n) is 4.19. The normalized spacial score (nSPS) is 15.5. The molecule has 4 rings (SSSR count). The Morgan fingerprint density at radius 2 is 1.24 bits per heavy atom. The molecule has 0 spiro atoms. The van der Waals surface area contributed by atoms with Crippen molar-refractivity contribution in [2.45, 2.75) is 0 Å². The van der Waals surface area contributed by atoms with Gasteiger partial charge in [-0.15, -0.1) is 0 Å². The Balaban J connectivity index is 1.83. The summed E-state index contributed by atoms with van der Waals surface area (Å²) in [6, 6.07) is 29.7. The average molecular weight is 323 g/mol. The van der Waals surface area contributed by atoms with Crippen LogP contribution >= 0.6 is 0 Å². The number of anilines is 1.